The fourth-order valence-electron chi connectivity index (χ4n) is 2.41. The molecule has 7 nitrogen and oxygen atoms in total. The highest BCUT2D eigenvalue weighted by molar-refractivity contribution is 5.93. The van der Waals surface area contributed by atoms with Gasteiger partial charge in [0, 0.05) is 25.7 Å². The van der Waals surface area contributed by atoms with E-state index in [9.17, 15) is 9.59 Å². The predicted molar refractivity (Wildman–Crippen MR) is 66.1 cm³/mol. The van der Waals surface area contributed by atoms with Crippen molar-refractivity contribution in [1.29, 1.82) is 0 Å². The van der Waals surface area contributed by atoms with Crippen molar-refractivity contribution < 1.29 is 19.4 Å². The first-order valence-electron chi connectivity index (χ1n) is 6.13. The Morgan fingerprint density at radius 3 is 2.89 bits per heavy atom. The molecule has 1 fully saturated rings. The maximum Gasteiger partial charge on any atom is 0.305 e. The summed E-state index contributed by atoms with van der Waals surface area (Å²) in [5.41, 5.74) is 0.289. The number of ether oxygens (including phenoxy) is 1. The number of carbonyl (C=O) groups is 2. The second-order valence-corrected chi connectivity index (χ2v) is 4.59. The van der Waals surface area contributed by atoms with E-state index >= 15 is 0 Å². The van der Waals surface area contributed by atoms with Crippen molar-refractivity contribution in [1.82, 2.24) is 14.7 Å². The Hall–Kier alpha value is -2.05. The van der Waals surface area contributed by atoms with E-state index in [0.29, 0.717) is 12.4 Å². The summed E-state index contributed by atoms with van der Waals surface area (Å²) in [7, 11) is 3.20. The van der Waals surface area contributed by atoms with Gasteiger partial charge in [-0.05, 0) is 12.8 Å². The van der Waals surface area contributed by atoms with Crippen LogP contribution >= 0.6 is 0 Å². The highest BCUT2D eigenvalue weighted by Crippen LogP contribution is 2.23. The molecule has 0 radical (unpaired) electrons. The summed E-state index contributed by atoms with van der Waals surface area (Å²) in [6.07, 6.45) is 1.53. The van der Waals surface area contributed by atoms with Gasteiger partial charge in [0.2, 0.25) is 5.88 Å². The summed E-state index contributed by atoms with van der Waals surface area (Å²) < 4.78 is 6.55. The first-order valence-corrected chi connectivity index (χ1v) is 6.13. The van der Waals surface area contributed by atoms with Gasteiger partial charge in [-0.2, -0.15) is 5.10 Å². The molecule has 1 N–H and O–H groups in total. The Morgan fingerprint density at radius 2 is 2.32 bits per heavy atom. The Labute approximate surface area is 110 Å². The molecule has 1 aromatic heterocycles. The summed E-state index contributed by atoms with van der Waals surface area (Å²) in [6.45, 7) is 0.579. The monoisotopic (exact) mass is 267 g/mol. The van der Waals surface area contributed by atoms with E-state index < -0.39 is 5.97 Å². The fraction of sp³-hybridized carbons (Fsp3) is 0.583. The number of carboxylic acids is 1. The molecule has 104 valence electrons. The lowest BCUT2D eigenvalue weighted by molar-refractivity contribution is -0.137. The maximum atomic E-state index is 12.3. The summed E-state index contributed by atoms with van der Waals surface area (Å²) in [4.78, 5) is 24.7. The molecular weight excluding hydrogens is 250 g/mol. The SMILES string of the molecule is COc1cc(C(=O)N2CCCC2CC(=O)O)nn1C. The van der Waals surface area contributed by atoms with Crippen LogP contribution in [0.2, 0.25) is 0 Å². The molecule has 1 amide bonds. The molecule has 0 aliphatic carbocycles. The van der Waals surface area contributed by atoms with Crippen LogP contribution < -0.4 is 4.74 Å². The molecule has 7 heteroatoms. The third kappa shape index (κ3) is 2.69. The minimum absolute atomic E-state index is 0.0181. The molecule has 1 atom stereocenters. The number of carbonyl (C=O) groups excluding carboxylic acids is 1. The van der Waals surface area contributed by atoms with Gasteiger partial charge in [-0.3, -0.25) is 9.59 Å². The lowest BCUT2D eigenvalue weighted by atomic mass is 10.1. The minimum Gasteiger partial charge on any atom is -0.481 e. The van der Waals surface area contributed by atoms with Gasteiger partial charge in [0.1, 0.15) is 0 Å². The number of aryl methyl sites for hydroxylation is 1. The molecule has 1 aliphatic heterocycles. The minimum atomic E-state index is -0.886. The van der Waals surface area contributed by atoms with Crippen molar-refractivity contribution in [2.75, 3.05) is 13.7 Å². The highest BCUT2D eigenvalue weighted by Gasteiger charge is 2.32. The number of hydrogen-bond acceptors (Lipinski definition) is 4. The molecule has 1 aliphatic rings. The number of rotatable bonds is 4. The molecule has 0 spiro atoms. The van der Waals surface area contributed by atoms with Gasteiger partial charge < -0.3 is 14.7 Å². The topological polar surface area (TPSA) is 84.7 Å². The molecule has 0 saturated carbocycles. The van der Waals surface area contributed by atoms with Crippen molar-refractivity contribution in [3.8, 4) is 5.88 Å². The van der Waals surface area contributed by atoms with Gasteiger partial charge in [0.05, 0.1) is 13.5 Å². The average Bonchev–Trinajstić information content (AvgIpc) is 2.94. The van der Waals surface area contributed by atoms with Gasteiger partial charge in [-0.1, -0.05) is 0 Å². The normalized spacial score (nSPS) is 18.6. The van der Waals surface area contributed by atoms with Crippen LogP contribution in [0.4, 0.5) is 0 Å². The van der Waals surface area contributed by atoms with Crippen LogP contribution in [0.15, 0.2) is 6.07 Å². The Bertz CT molecular complexity index is 497. The van der Waals surface area contributed by atoms with Gasteiger partial charge >= 0.3 is 5.97 Å². The van der Waals surface area contributed by atoms with E-state index in [2.05, 4.69) is 5.10 Å². The molecule has 1 saturated heterocycles. The lowest BCUT2D eigenvalue weighted by Crippen LogP contribution is -2.37. The average molecular weight is 267 g/mol. The zero-order valence-corrected chi connectivity index (χ0v) is 11.0. The van der Waals surface area contributed by atoms with E-state index in [4.69, 9.17) is 9.84 Å². The molecule has 2 heterocycles. The first kappa shape index (κ1) is 13.4. The van der Waals surface area contributed by atoms with Gasteiger partial charge in [0.25, 0.3) is 5.91 Å². The Morgan fingerprint density at radius 1 is 1.58 bits per heavy atom. The standard InChI is InChI=1S/C12H17N3O4/c1-14-10(19-2)7-9(13-14)12(18)15-5-3-4-8(15)6-11(16)17/h7-8H,3-6H2,1-2H3,(H,16,17). The number of nitrogens with zero attached hydrogens (tertiary/aromatic N) is 3. The number of carboxylic acid groups (broad SMARTS) is 1. The zero-order chi connectivity index (χ0) is 14.0. The largest absolute Gasteiger partial charge is 0.481 e. The van der Waals surface area contributed by atoms with Crippen molar-refractivity contribution >= 4 is 11.9 Å². The molecule has 19 heavy (non-hydrogen) atoms. The first-order chi connectivity index (χ1) is 9.02. The Kier molecular flexibility index (Phi) is 3.73. The van der Waals surface area contributed by atoms with E-state index in [1.165, 1.54) is 11.8 Å². The predicted octanol–water partition coefficient (Wildman–Crippen LogP) is 0.508. The summed E-state index contributed by atoms with van der Waals surface area (Å²) in [5.74, 6) is -0.622. The molecular formula is C12H17N3O4. The number of aliphatic carboxylic acids is 1. The number of aromatic nitrogens is 2. The number of amides is 1. The van der Waals surface area contributed by atoms with E-state index in [1.54, 1.807) is 18.0 Å². The van der Waals surface area contributed by atoms with Gasteiger partial charge in [-0.25, -0.2) is 4.68 Å². The van der Waals surface area contributed by atoms with Crippen molar-refractivity contribution in [3.05, 3.63) is 11.8 Å². The highest BCUT2D eigenvalue weighted by atomic mass is 16.5. The smallest absolute Gasteiger partial charge is 0.305 e. The zero-order valence-electron chi connectivity index (χ0n) is 11.0. The third-order valence-corrected chi connectivity index (χ3v) is 3.31. The third-order valence-electron chi connectivity index (χ3n) is 3.31. The number of likely N-dealkylation sites (tertiary alicyclic amines) is 1. The summed E-state index contributed by atoms with van der Waals surface area (Å²) in [5, 5.41) is 12.9. The lowest BCUT2D eigenvalue weighted by Gasteiger charge is -2.22. The molecule has 0 bridgehead atoms. The van der Waals surface area contributed by atoms with E-state index in [0.717, 1.165) is 12.8 Å². The van der Waals surface area contributed by atoms with Crippen LogP contribution in [-0.4, -0.2) is 51.4 Å². The number of hydrogen-bond donors (Lipinski definition) is 1. The fourth-order valence-corrected chi connectivity index (χ4v) is 2.41. The van der Waals surface area contributed by atoms with Gasteiger partial charge in [0.15, 0.2) is 5.69 Å². The maximum absolute atomic E-state index is 12.3. The Balaban J connectivity index is 2.15. The van der Waals surface area contributed by atoms with E-state index in [1.807, 2.05) is 0 Å². The summed E-state index contributed by atoms with van der Waals surface area (Å²) >= 11 is 0. The van der Waals surface area contributed by atoms with Crippen LogP contribution in [0.1, 0.15) is 29.8 Å². The molecule has 0 aromatic carbocycles. The molecule has 1 unspecified atom stereocenters. The second-order valence-electron chi connectivity index (χ2n) is 4.59. The number of methoxy groups -OCH3 is 1. The van der Waals surface area contributed by atoms with Crippen LogP contribution in [-0.2, 0) is 11.8 Å². The molecule has 1 aromatic rings. The van der Waals surface area contributed by atoms with Crippen LogP contribution in [0, 0.1) is 0 Å². The van der Waals surface area contributed by atoms with Crippen LogP contribution in [0.3, 0.4) is 0 Å². The van der Waals surface area contributed by atoms with Crippen LogP contribution in [0.25, 0.3) is 0 Å². The van der Waals surface area contributed by atoms with Crippen molar-refractivity contribution in [2.24, 2.45) is 7.05 Å². The second kappa shape index (κ2) is 5.29. The summed E-state index contributed by atoms with van der Waals surface area (Å²) in [6, 6.07) is 1.33. The van der Waals surface area contributed by atoms with Gasteiger partial charge in [-0.15, -0.1) is 0 Å². The molecule has 2 rings (SSSR count). The van der Waals surface area contributed by atoms with Crippen molar-refractivity contribution in [2.45, 2.75) is 25.3 Å². The van der Waals surface area contributed by atoms with Crippen molar-refractivity contribution in [3.63, 3.8) is 0 Å². The van der Waals surface area contributed by atoms with E-state index in [-0.39, 0.29) is 24.1 Å². The van der Waals surface area contributed by atoms with Crippen LogP contribution in [0.5, 0.6) is 5.88 Å². The quantitative estimate of drug-likeness (QED) is 0.859.